The molecule has 0 aliphatic carbocycles. The lowest BCUT2D eigenvalue weighted by Gasteiger charge is -2.34. The maximum absolute atomic E-state index is 12.3. The fourth-order valence-corrected chi connectivity index (χ4v) is 3.28. The highest BCUT2D eigenvalue weighted by molar-refractivity contribution is 5.78. The second-order valence-electron chi connectivity index (χ2n) is 5.96. The lowest BCUT2D eigenvalue weighted by atomic mass is 9.97. The van der Waals surface area contributed by atoms with Crippen LogP contribution in [0.1, 0.15) is 24.6 Å². The minimum Gasteiger partial charge on any atom is -0.378 e. The van der Waals surface area contributed by atoms with Gasteiger partial charge in [-0.2, -0.15) is 0 Å². The molecular formula is C15H24N4O2. The highest BCUT2D eigenvalue weighted by Gasteiger charge is 2.27. The summed E-state index contributed by atoms with van der Waals surface area (Å²) >= 11 is 0. The van der Waals surface area contributed by atoms with Gasteiger partial charge >= 0.3 is 0 Å². The maximum Gasteiger partial charge on any atom is 0.236 e. The number of carbonyl (C=O) groups is 1. The summed E-state index contributed by atoms with van der Waals surface area (Å²) in [5, 5.41) is 0. The zero-order chi connectivity index (χ0) is 14.7. The van der Waals surface area contributed by atoms with Gasteiger partial charge in [0, 0.05) is 45.0 Å². The van der Waals surface area contributed by atoms with Crippen molar-refractivity contribution in [2.24, 2.45) is 7.05 Å². The Kier molecular flexibility index (Phi) is 4.55. The summed E-state index contributed by atoms with van der Waals surface area (Å²) in [6, 6.07) is 0. The van der Waals surface area contributed by atoms with Crippen molar-refractivity contribution in [3.8, 4) is 0 Å². The minimum atomic E-state index is 0.235. The Labute approximate surface area is 125 Å². The van der Waals surface area contributed by atoms with Crippen LogP contribution in [0.15, 0.2) is 12.4 Å². The van der Waals surface area contributed by atoms with E-state index < -0.39 is 0 Å². The number of aromatic nitrogens is 2. The maximum atomic E-state index is 12.3. The Morgan fingerprint density at radius 1 is 1.38 bits per heavy atom. The lowest BCUT2D eigenvalue weighted by Crippen LogP contribution is -2.47. The highest BCUT2D eigenvalue weighted by Crippen LogP contribution is 2.25. The van der Waals surface area contributed by atoms with Crippen LogP contribution in [-0.4, -0.2) is 71.2 Å². The molecule has 0 saturated carbocycles. The first-order valence-electron chi connectivity index (χ1n) is 7.79. The van der Waals surface area contributed by atoms with Crippen molar-refractivity contribution < 1.29 is 9.53 Å². The van der Waals surface area contributed by atoms with Gasteiger partial charge in [-0.05, 0) is 19.4 Å². The van der Waals surface area contributed by atoms with E-state index in [0.29, 0.717) is 25.7 Å². The zero-order valence-electron chi connectivity index (χ0n) is 12.7. The van der Waals surface area contributed by atoms with Crippen molar-refractivity contribution in [1.82, 2.24) is 19.4 Å². The number of carbonyl (C=O) groups excluding carboxylic acids is 1. The van der Waals surface area contributed by atoms with Gasteiger partial charge < -0.3 is 14.2 Å². The molecule has 0 unspecified atom stereocenters. The number of likely N-dealkylation sites (tertiary alicyclic amines) is 1. The fourth-order valence-electron chi connectivity index (χ4n) is 3.28. The van der Waals surface area contributed by atoms with E-state index in [4.69, 9.17) is 4.74 Å². The Bertz CT molecular complexity index is 482. The third-order valence-corrected chi connectivity index (χ3v) is 4.45. The average Bonchev–Trinajstić information content (AvgIpc) is 2.94. The number of rotatable bonds is 3. The summed E-state index contributed by atoms with van der Waals surface area (Å²) in [7, 11) is 2.04. The monoisotopic (exact) mass is 292 g/mol. The third kappa shape index (κ3) is 3.44. The van der Waals surface area contributed by atoms with Crippen molar-refractivity contribution in [1.29, 1.82) is 0 Å². The van der Waals surface area contributed by atoms with Crippen LogP contribution in [0.3, 0.4) is 0 Å². The van der Waals surface area contributed by atoms with Crippen LogP contribution < -0.4 is 0 Å². The molecule has 1 aromatic rings. The Balaban J connectivity index is 1.56. The molecule has 0 bridgehead atoms. The molecule has 3 rings (SSSR count). The summed E-state index contributed by atoms with van der Waals surface area (Å²) < 4.78 is 7.40. The van der Waals surface area contributed by atoms with Crippen LogP contribution >= 0.6 is 0 Å². The normalized spacial score (nSPS) is 24.2. The number of amides is 1. The van der Waals surface area contributed by atoms with Gasteiger partial charge in [0.15, 0.2) is 0 Å². The molecule has 6 heteroatoms. The van der Waals surface area contributed by atoms with Crippen LogP contribution in [0, 0.1) is 0 Å². The first-order valence-corrected chi connectivity index (χ1v) is 7.79. The van der Waals surface area contributed by atoms with Crippen LogP contribution in [0.2, 0.25) is 0 Å². The molecule has 1 amide bonds. The Morgan fingerprint density at radius 2 is 2.19 bits per heavy atom. The highest BCUT2D eigenvalue weighted by atomic mass is 16.5. The fraction of sp³-hybridized carbons (Fsp3) is 0.733. The van der Waals surface area contributed by atoms with E-state index in [-0.39, 0.29) is 5.91 Å². The molecule has 6 nitrogen and oxygen atoms in total. The number of hydrogen-bond donors (Lipinski definition) is 0. The number of morpholine rings is 1. The van der Waals surface area contributed by atoms with Gasteiger partial charge in [0.05, 0.1) is 19.8 Å². The molecule has 0 spiro atoms. The molecule has 116 valence electrons. The molecule has 0 N–H and O–H groups in total. The molecule has 1 atom stereocenters. The van der Waals surface area contributed by atoms with Crippen molar-refractivity contribution in [3.05, 3.63) is 18.2 Å². The molecule has 0 aromatic carbocycles. The van der Waals surface area contributed by atoms with E-state index in [2.05, 4.69) is 14.5 Å². The number of aryl methyl sites for hydroxylation is 1. The van der Waals surface area contributed by atoms with Gasteiger partial charge in [0.1, 0.15) is 5.82 Å². The van der Waals surface area contributed by atoms with Gasteiger partial charge in [-0.15, -0.1) is 0 Å². The second-order valence-corrected chi connectivity index (χ2v) is 5.96. The summed E-state index contributed by atoms with van der Waals surface area (Å²) in [5.41, 5.74) is 0. The van der Waals surface area contributed by atoms with Gasteiger partial charge in [-0.25, -0.2) is 4.98 Å². The average molecular weight is 292 g/mol. The van der Waals surface area contributed by atoms with E-state index in [0.717, 1.165) is 44.8 Å². The molecule has 2 aliphatic heterocycles. The largest absolute Gasteiger partial charge is 0.378 e. The van der Waals surface area contributed by atoms with Crippen molar-refractivity contribution in [2.75, 3.05) is 45.9 Å². The predicted octanol–water partition coefficient (Wildman–Crippen LogP) is 0.458. The molecular weight excluding hydrogens is 268 g/mol. The quantitative estimate of drug-likeness (QED) is 0.812. The third-order valence-electron chi connectivity index (χ3n) is 4.45. The number of hydrogen-bond acceptors (Lipinski definition) is 4. The Morgan fingerprint density at radius 3 is 2.90 bits per heavy atom. The van der Waals surface area contributed by atoms with Crippen molar-refractivity contribution in [3.63, 3.8) is 0 Å². The van der Waals surface area contributed by atoms with Gasteiger partial charge in [0.2, 0.25) is 5.91 Å². The van der Waals surface area contributed by atoms with Gasteiger partial charge in [0.25, 0.3) is 0 Å². The molecule has 2 saturated heterocycles. The van der Waals surface area contributed by atoms with Crippen LogP contribution in [0.25, 0.3) is 0 Å². The molecule has 1 aromatic heterocycles. The molecule has 0 radical (unpaired) electrons. The number of nitrogens with zero attached hydrogens (tertiary/aromatic N) is 4. The summed E-state index contributed by atoms with van der Waals surface area (Å²) in [5.74, 6) is 1.81. The predicted molar refractivity (Wildman–Crippen MR) is 79.0 cm³/mol. The van der Waals surface area contributed by atoms with E-state index in [1.165, 1.54) is 0 Å². The van der Waals surface area contributed by atoms with E-state index in [1.54, 1.807) is 0 Å². The van der Waals surface area contributed by atoms with E-state index >= 15 is 0 Å². The number of piperidine rings is 1. The van der Waals surface area contributed by atoms with Crippen LogP contribution in [0.4, 0.5) is 0 Å². The summed E-state index contributed by atoms with van der Waals surface area (Å²) in [4.78, 5) is 21.0. The van der Waals surface area contributed by atoms with Crippen LogP contribution in [-0.2, 0) is 16.6 Å². The molecule has 21 heavy (non-hydrogen) atoms. The van der Waals surface area contributed by atoms with Crippen molar-refractivity contribution >= 4 is 5.91 Å². The second kappa shape index (κ2) is 6.58. The van der Waals surface area contributed by atoms with Crippen LogP contribution in [0.5, 0.6) is 0 Å². The van der Waals surface area contributed by atoms with E-state index in [1.807, 2.05) is 24.3 Å². The molecule has 3 heterocycles. The Hall–Kier alpha value is -1.40. The SMILES string of the molecule is Cn1ccnc1[C@@H]1CCCN(CC(=O)N2CCOCC2)C1. The summed E-state index contributed by atoms with van der Waals surface area (Å²) in [6.45, 7) is 5.27. The standard InChI is InChI=1S/C15H24N4O2/c1-17-6-4-16-15(17)13-3-2-5-18(11-13)12-14(20)19-7-9-21-10-8-19/h4,6,13H,2-3,5,7-12H2,1H3/t13-/m1/s1. The summed E-state index contributed by atoms with van der Waals surface area (Å²) in [6.07, 6.45) is 6.14. The molecule has 2 fully saturated rings. The van der Waals surface area contributed by atoms with Gasteiger partial charge in [-0.1, -0.05) is 0 Å². The lowest BCUT2D eigenvalue weighted by molar-refractivity contribution is -0.136. The number of ether oxygens (including phenoxy) is 1. The topological polar surface area (TPSA) is 50.6 Å². The smallest absolute Gasteiger partial charge is 0.236 e. The first kappa shape index (κ1) is 14.5. The van der Waals surface area contributed by atoms with Crippen molar-refractivity contribution in [2.45, 2.75) is 18.8 Å². The van der Waals surface area contributed by atoms with E-state index in [9.17, 15) is 4.79 Å². The zero-order valence-corrected chi connectivity index (χ0v) is 12.7. The molecule has 2 aliphatic rings. The number of imidazole rings is 1. The first-order chi connectivity index (χ1) is 10.2. The van der Waals surface area contributed by atoms with Gasteiger partial charge in [-0.3, -0.25) is 9.69 Å². The minimum absolute atomic E-state index is 0.235.